The predicted octanol–water partition coefficient (Wildman–Crippen LogP) is 3.90. The van der Waals surface area contributed by atoms with Crippen LogP contribution >= 0.6 is 11.6 Å². The van der Waals surface area contributed by atoms with Crippen molar-refractivity contribution >= 4 is 40.6 Å². The normalized spacial score (nSPS) is 22.8. The summed E-state index contributed by atoms with van der Waals surface area (Å²) in [4.78, 5) is 41.4. The summed E-state index contributed by atoms with van der Waals surface area (Å²) in [5.74, 6) is -1.37. The fourth-order valence-electron chi connectivity index (χ4n) is 6.04. The van der Waals surface area contributed by atoms with Gasteiger partial charge in [0.25, 0.3) is 5.91 Å². The first kappa shape index (κ1) is 28.6. The number of nitrogens with zero attached hydrogens (tertiary/aromatic N) is 6. The van der Waals surface area contributed by atoms with E-state index in [9.17, 15) is 22.8 Å². The molecule has 1 aromatic carbocycles. The average molecular weight is 579 g/mol. The van der Waals surface area contributed by atoms with Gasteiger partial charge in [0.15, 0.2) is 0 Å². The number of aromatic nitrogens is 1. The van der Waals surface area contributed by atoms with Crippen LogP contribution in [0.15, 0.2) is 30.3 Å². The van der Waals surface area contributed by atoms with Crippen molar-refractivity contribution in [3.63, 3.8) is 0 Å². The van der Waals surface area contributed by atoms with Crippen molar-refractivity contribution in [2.24, 2.45) is 5.92 Å². The lowest BCUT2D eigenvalue weighted by molar-refractivity contribution is -0.137. The van der Waals surface area contributed by atoms with E-state index in [1.807, 2.05) is 13.0 Å². The van der Waals surface area contributed by atoms with Crippen molar-refractivity contribution in [1.29, 1.82) is 0 Å². The summed E-state index contributed by atoms with van der Waals surface area (Å²) in [5.41, 5.74) is 0.593. The quantitative estimate of drug-likeness (QED) is 0.536. The molecule has 2 atom stereocenters. The Labute approximate surface area is 237 Å². The fraction of sp³-hybridized carbons (Fsp3) is 0.536. The Balaban J connectivity index is 1.54. The van der Waals surface area contributed by atoms with Gasteiger partial charge in [-0.3, -0.25) is 19.4 Å². The van der Waals surface area contributed by atoms with Gasteiger partial charge in [-0.15, -0.1) is 0 Å². The SMILES string of the molecule is CCN1C(=O)[C@@H]2[C@H](CC(=O)N2c2cc(C(F)(F)F)cc(C)n2)CN(CCN2CCN(C)CC2)c2c(Cl)cccc21. The molecular weight excluding hydrogens is 545 g/mol. The van der Waals surface area contributed by atoms with Crippen molar-refractivity contribution in [3.05, 3.63) is 46.6 Å². The lowest BCUT2D eigenvalue weighted by Crippen LogP contribution is -2.54. The molecule has 1 aromatic heterocycles. The van der Waals surface area contributed by atoms with E-state index < -0.39 is 29.6 Å². The summed E-state index contributed by atoms with van der Waals surface area (Å²) < 4.78 is 41.0. The van der Waals surface area contributed by atoms with Crippen LogP contribution in [0.25, 0.3) is 0 Å². The molecule has 0 saturated carbocycles. The smallest absolute Gasteiger partial charge is 0.367 e. The van der Waals surface area contributed by atoms with E-state index in [1.165, 1.54) is 11.8 Å². The molecule has 0 radical (unpaired) electrons. The molecule has 2 aromatic rings. The maximum atomic E-state index is 14.1. The number of pyridine rings is 1. The number of aryl methyl sites for hydroxylation is 1. The van der Waals surface area contributed by atoms with Crippen LogP contribution in [0.2, 0.25) is 5.02 Å². The lowest BCUT2D eigenvalue weighted by Gasteiger charge is -2.41. The standard InChI is InChI=1S/C28H34ClF3N6O2/c1-4-37-22-7-5-6-21(29)26(22)36(13-12-35-10-8-34(3)9-11-35)17-19-15-24(39)38(25(19)27(37)40)23-16-20(28(30,31)32)14-18(2)33-23/h5-7,14,16,19,25H,4,8-13,15,17H2,1-3H3/t19-,25+/m1/s1. The van der Waals surface area contributed by atoms with Crippen LogP contribution in [0.4, 0.5) is 30.4 Å². The van der Waals surface area contributed by atoms with Crippen molar-refractivity contribution in [1.82, 2.24) is 14.8 Å². The van der Waals surface area contributed by atoms with E-state index in [0.717, 1.165) is 50.5 Å². The molecule has 3 aliphatic rings. The van der Waals surface area contributed by atoms with Crippen molar-refractivity contribution in [3.8, 4) is 0 Å². The van der Waals surface area contributed by atoms with E-state index >= 15 is 0 Å². The zero-order valence-electron chi connectivity index (χ0n) is 22.9. The van der Waals surface area contributed by atoms with E-state index in [1.54, 1.807) is 17.0 Å². The summed E-state index contributed by atoms with van der Waals surface area (Å²) in [6.45, 7) is 9.20. The Kier molecular flexibility index (Phi) is 8.00. The van der Waals surface area contributed by atoms with E-state index in [-0.39, 0.29) is 23.8 Å². The van der Waals surface area contributed by atoms with Crippen molar-refractivity contribution < 1.29 is 22.8 Å². The Morgan fingerprint density at radius 2 is 1.80 bits per heavy atom. The first-order valence-electron chi connectivity index (χ1n) is 13.6. The number of alkyl halides is 3. The van der Waals surface area contributed by atoms with Gasteiger partial charge in [-0.25, -0.2) is 4.98 Å². The van der Waals surface area contributed by atoms with Crippen LogP contribution in [-0.4, -0.2) is 92.0 Å². The van der Waals surface area contributed by atoms with Crippen LogP contribution in [0.1, 0.15) is 24.6 Å². The number of amides is 2. The summed E-state index contributed by atoms with van der Waals surface area (Å²) in [7, 11) is 2.10. The molecule has 2 fully saturated rings. The molecule has 2 saturated heterocycles. The van der Waals surface area contributed by atoms with Gasteiger partial charge in [0.1, 0.15) is 11.9 Å². The predicted molar refractivity (Wildman–Crippen MR) is 149 cm³/mol. The third-order valence-corrected chi connectivity index (χ3v) is 8.39. The second kappa shape index (κ2) is 11.2. The molecule has 216 valence electrons. The van der Waals surface area contributed by atoms with Crippen LogP contribution < -0.4 is 14.7 Å². The minimum Gasteiger partial charge on any atom is -0.367 e. The molecule has 8 nitrogen and oxygen atoms in total. The van der Waals surface area contributed by atoms with E-state index in [4.69, 9.17) is 11.6 Å². The number of halogens is 4. The number of rotatable bonds is 5. The minimum absolute atomic E-state index is 0.0235. The topological polar surface area (TPSA) is 63.2 Å². The average Bonchev–Trinajstić information content (AvgIpc) is 3.21. The summed E-state index contributed by atoms with van der Waals surface area (Å²) in [6.07, 6.45) is -4.59. The number of para-hydroxylation sites is 1. The third kappa shape index (κ3) is 5.51. The maximum Gasteiger partial charge on any atom is 0.416 e. The summed E-state index contributed by atoms with van der Waals surface area (Å²) >= 11 is 6.75. The molecule has 0 unspecified atom stereocenters. The monoisotopic (exact) mass is 578 g/mol. The Hall–Kier alpha value is -2.89. The van der Waals surface area contributed by atoms with Gasteiger partial charge in [0.05, 0.1) is 22.0 Å². The Morgan fingerprint density at radius 1 is 1.07 bits per heavy atom. The maximum absolute atomic E-state index is 14.1. The first-order chi connectivity index (χ1) is 19.0. The van der Waals surface area contributed by atoms with Crippen molar-refractivity contribution in [2.75, 3.05) is 74.1 Å². The first-order valence-corrected chi connectivity index (χ1v) is 14.0. The van der Waals surface area contributed by atoms with Crippen LogP contribution in [-0.2, 0) is 15.8 Å². The molecule has 2 amide bonds. The third-order valence-electron chi connectivity index (χ3n) is 8.09. The molecule has 0 N–H and O–H groups in total. The van der Waals surface area contributed by atoms with E-state index in [2.05, 4.69) is 26.7 Å². The highest BCUT2D eigenvalue weighted by atomic mass is 35.5. The number of carbonyl (C=O) groups is 2. The highest BCUT2D eigenvalue weighted by molar-refractivity contribution is 6.34. The number of piperazine rings is 1. The van der Waals surface area contributed by atoms with Gasteiger partial charge >= 0.3 is 6.18 Å². The zero-order chi connectivity index (χ0) is 28.8. The van der Waals surface area contributed by atoms with Crippen LogP contribution in [0.3, 0.4) is 0 Å². The van der Waals surface area contributed by atoms with Gasteiger partial charge in [0, 0.05) is 70.4 Å². The summed E-state index contributed by atoms with van der Waals surface area (Å²) in [6, 6.07) is 6.23. The number of anilines is 3. The number of carbonyl (C=O) groups excluding carboxylic acids is 2. The van der Waals surface area contributed by atoms with Gasteiger partial charge in [-0.2, -0.15) is 13.2 Å². The summed E-state index contributed by atoms with van der Waals surface area (Å²) in [5, 5.41) is 0.511. The molecule has 0 aliphatic carbocycles. The van der Waals surface area contributed by atoms with Gasteiger partial charge in [-0.1, -0.05) is 17.7 Å². The van der Waals surface area contributed by atoms with Gasteiger partial charge in [0.2, 0.25) is 5.91 Å². The highest BCUT2D eigenvalue weighted by Gasteiger charge is 2.49. The minimum atomic E-state index is -4.61. The molecule has 5 rings (SSSR count). The molecule has 40 heavy (non-hydrogen) atoms. The van der Waals surface area contributed by atoms with Crippen molar-refractivity contribution in [2.45, 2.75) is 32.5 Å². The van der Waals surface area contributed by atoms with Crippen LogP contribution in [0, 0.1) is 12.8 Å². The molecule has 0 bridgehead atoms. The molecule has 3 aliphatic heterocycles. The molecule has 4 heterocycles. The van der Waals surface area contributed by atoms with Crippen LogP contribution in [0.5, 0.6) is 0 Å². The fourth-order valence-corrected chi connectivity index (χ4v) is 6.32. The second-order valence-corrected chi connectivity index (χ2v) is 11.2. The zero-order valence-corrected chi connectivity index (χ0v) is 23.7. The van der Waals surface area contributed by atoms with Gasteiger partial charge < -0.3 is 14.7 Å². The van der Waals surface area contributed by atoms with E-state index in [0.29, 0.717) is 30.3 Å². The largest absolute Gasteiger partial charge is 0.416 e. The lowest BCUT2D eigenvalue weighted by atomic mass is 9.95. The number of fused-ring (bicyclic) bond motifs is 2. The number of hydrogen-bond donors (Lipinski definition) is 0. The Morgan fingerprint density at radius 3 is 2.48 bits per heavy atom. The second-order valence-electron chi connectivity index (χ2n) is 10.8. The molecule has 12 heteroatoms. The Bertz CT molecular complexity index is 1280. The van der Waals surface area contributed by atoms with Gasteiger partial charge in [-0.05, 0) is 45.2 Å². The molecular formula is C28H34ClF3N6O2. The molecule has 0 spiro atoms. The number of likely N-dealkylation sites (N-methyl/N-ethyl adjacent to an activating group) is 2. The number of hydrogen-bond acceptors (Lipinski definition) is 6. The highest BCUT2D eigenvalue weighted by Crippen LogP contribution is 2.43. The number of benzene rings is 1.